The normalized spacial score (nSPS) is 11.0. The number of nitrogens with zero attached hydrogens (tertiary/aromatic N) is 4. The van der Waals surface area contributed by atoms with Crippen LogP contribution in [0.25, 0.3) is 21.5 Å². The van der Waals surface area contributed by atoms with Gasteiger partial charge >= 0.3 is 0 Å². The van der Waals surface area contributed by atoms with E-state index in [0.717, 1.165) is 38.5 Å². The van der Waals surface area contributed by atoms with Gasteiger partial charge in [-0.3, -0.25) is 4.98 Å². The third-order valence-electron chi connectivity index (χ3n) is 3.99. The van der Waals surface area contributed by atoms with Gasteiger partial charge in [0.2, 0.25) is 0 Å². The molecule has 0 N–H and O–H groups in total. The zero-order valence-corrected chi connectivity index (χ0v) is 15.9. The van der Waals surface area contributed by atoms with Crippen molar-refractivity contribution in [2.24, 2.45) is 0 Å². The van der Waals surface area contributed by atoms with Crippen LogP contribution < -0.4 is 4.74 Å². The van der Waals surface area contributed by atoms with E-state index in [0.29, 0.717) is 16.5 Å². The van der Waals surface area contributed by atoms with Gasteiger partial charge in [0.15, 0.2) is 0 Å². The van der Waals surface area contributed by atoms with Crippen LogP contribution in [-0.4, -0.2) is 27.3 Å². The number of hydrogen-bond donors (Lipinski definition) is 0. The first-order chi connectivity index (χ1) is 12.7. The Morgan fingerprint density at radius 1 is 1.08 bits per heavy atom. The quantitative estimate of drug-likeness (QED) is 0.477. The number of hydrogen-bond acceptors (Lipinski definition) is 6. The summed E-state index contributed by atoms with van der Waals surface area (Å²) in [5, 5.41) is 14.5. The summed E-state index contributed by atoms with van der Waals surface area (Å²) in [5.41, 5.74) is 2.28. The smallest absolute Gasteiger partial charge is 0.144 e. The molecular formula is C18H12Cl2N4OS. The molecule has 0 bridgehead atoms. The zero-order valence-electron chi connectivity index (χ0n) is 13.6. The van der Waals surface area contributed by atoms with Crippen molar-refractivity contribution in [2.45, 2.75) is 6.42 Å². The van der Waals surface area contributed by atoms with E-state index in [1.165, 1.54) is 11.3 Å². The zero-order chi connectivity index (χ0) is 18.1. The van der Waals surface area contributed by atoms with E-state index in [-0.39, 0.29) is 0 Å². The summed E-state index contributed by atoms with van der Waals surface area (Å²) in [4.78, 5) is 8.35. The molecule has 0 atom stereocenters. The van der Waals surface area contributed by atoms with Crippen molar-refractivity contribution >= 4 is 45.3 Å². The van der Waals surface area contributed by atoms with Crippen LogP contribution >= 0.6 is 34.5 Å². The Labute approximate surface area is 163 Å². The molecular weight excluding hydrogens is 391 g/mol. The molecule has 1 aromatic carbocycles. The van der Waals surface area contributed by atoms with E-state index >= 15 is 0 Å². The molecule has 0 spiro atoms. The minimum atomic E-state index is 0.453. The van der Waals surface area contributed by atoms with E-state index in [1.54, 1.807) is 25.7 Å². The van der Waals surface area contributed by atoms with Gasteiger partial charge in [0.05, 0.1) is 22.8 Å². The Hall–Kier alpha value is -2.28. The SMILES string of the molecule is COc1ccc2c(Cc3c(Cl)cncc3Cl)nnc(-c3nccs3)c2c1. The lowest BCUT2D eigenvalue weighted by Gasteiger charge is -2.11. The van der Waals surface area contributed by atoms with Crippen LogP contribution in [0, 0.1) is 0 Å². The van der Waals surface area contributed by atoms with Gasteiger partial charge in [0.1, 0.15) is 16.5 Å². The third-order valence-corrected chi connectivity index (χ3v) is 5.43. The molecule has 0 aliphatic heterocycles. The van der Waals surface area contributed by atoms with E-state index < -0.39 is 0 Å². The third kappa shape index (κ3) is 3.11. The topological polar surface area (TPSA) is 60.8 Å². The van der Waals surface area contributed by atoms with Gasteiger partial charge in [-0.15, -0.1) is 16.4 Å². The van der Waals surface area contributed by atoms with Crippen molar-refractivity contribution in [3.8, 4) is 16.5 Å². The fraction of sp³-hybridized carbons (Fsp3) is 0.111. The number of benzene rings is 1. The second kappa shape index (κ2) is 7.15. The number of fused-ring (bicyclic) bond motifs is 1. The highest BCUT2D eigenvalue weighted by Gasteiger charge is 2.16. The van der Waals surface area contributed by atoms with Gasteiger partial charge in [0, 0.05) is 41.2 Å². The number of aromatic nitrogens is 4. The van der Waals surface area contributed by atoms with Crippen molar-refractivity contribution in [1.29, 1.82) is 0 Å². The maximum Gasteiger partial charge on any atom is 0.144 e. The maximum absolute atomic E-state index is 6.27. The largest absolute Gasteiger partial charge is 0.497 e. The standard InChI is InChI=1S/C18H12Cl2N4OS/c1-25-10-2-3-11-12(6-10)17(18-22-4-5-26-18)24-23-16(11)7-13-14(19)8-21-9-15(13)20/h2-6,8-9H,7H2,1H3. The van der Waals surface area contributed by atoms with Crippen LogP contribution in [0.5, 0.6) is 5.75 Å². The Kier molecular flexibility index (Phi) is 4.72. The molecule has 3 aromatic heterocycles. The van der Waals surface area contributed by atoms with Gasteiger partial charge < -0.3 is 4.74 Å². The highest BCUT2D eigenvalue weighted by molar-refractivity contribution is 7.13. The summed E-state index contributed by atoms with van der Waals surface area (Å²) in [6.45, 7) is 0. The van der Waals surface area contributed by atoms with Crippen molar-refractivity contribution in [3.05, 3.63) is 63.5 Å². The molecule has 0 aliphatic rings. The number of thiazole rings is 1. The monoisotopic (exact) mass is 402 g/mol. The fourth-order valence-corrected chi connectivity index (χ4v) is 3.85. The second-order valence-electron chi connectivity index (χ2n) is 5.50. The average Bonchev–Trinajstić information content (AvgIpc) is 3.18. The molecule has 0 saturated carbocycles. The van der Waals surface area contributed by atoms with Crippen LogP contribution in [0.3, 0.4) is 0 Å². The van der Waals surface area contributed by atoms with E-state index in [1.807, 2.05) is 23.6 Å². The van der Waals surface area contributed by atoms with Crippen molar-refractivity contribution in [3.63, 3.8) is 0 Å². The van der Waals surface area contributed by atoms with Crippen LogP contribution in [0.2, 0.25) is 10.0 Å². The molecule has 0 unspecified atom stereocenters. The summed E-state index contributed by atoms with van der Waals surface area (Å²) >= 11 is 14.0. The lowest BCUT2D eigenvalue weighted by molar-refractivity contribution is 0.415. The first kappa shape index (κ1) is 17.1. The van der Waals surface area contributed by atoms with Crippen molar-refractivity contribution in [1.82, 2.24) is 20.2 Å². The Morgan fingerprint density at radius 3 is 2.58 bits per heavy atom. The van der Waals surface area contributed by atoms with Crippen molar-refractivity contribution < 1.29 is 4.74 Å². The first-order valence-corrected chi connectivity index (χ1v) is 9.32. The minimum absolute atomic E-state index is 0.453. The summed E-state index contributed by atoms with van der Waals surface area (Å²) in [6.07, 6.45) is 5.35. The van der Waals surface area contributed by atoms with Crippen LogP contribution in [0.1, 0.15) is 11.3 Å². The Morgan fingerprint density at radius 2 is 1.88 bits per heavy atom. The van der Waals surface area contributed by atoms with E-state index in [4.69, 9.17) is 27.9 Å². The predicted octanol–water partition coefficient (Wildman–Crippen LogP) is 5.05. The summed E-state index contributed by atoms with van der Waals surface area (Å²) in [5.74, 6) is 0.745. The van der Waals surface area contributed by atoms with E-state index in [2.05, 4.69) is 20.2 Å². The van der Waals surface area contributed by atoms with Gasteiger partial charge in [0.25, 0.3) is 0 Å². The fourth-order valence-electron chi connectivity index (χ4n) is 2.72. The maximum atomic E-state index is 6.27. The number of pyridine rings is 1. The average molecular weight is 403 g/mol. The Bertz CT molecular complexity index is 1070. The lowest BCUT2D eigenvalue weighted by atomic mass is 10.0. The molecule has 3 heterocycles. The number of methoxy groups -OCH3 is 1. The highest BCUT2D eigenvalue weighted by atomic mass is 35.5. The number of rotatable bonds is 4. The molecule has 5 nitrogen and oxygen atoms in total. The Balaban J connectivity index is 1.90. The van der Waals surface area contributed by atoms with Crippen molar-refractivity contribution in [2.75, 3.05) is 7.11 Å². The summed E-state index contributed by atoms with van der Waals surface area (Å²) in [7, 11) is 1.64. The van der Waals surface area contributed by atoms with E-state index in [9.17, 15) is 0 Å². The minimum Gasteiger partial charge on any atom is -0.497 e. The van der Waals surface area contributed by atoms with Crippen LogP contribution in [-0.2, 0) is 6.42 Å². The van der Waals surface area contributed by atoms with Crippen LogP contribution in [0.4, 0.5) is 0 Å². The van der Waals surface area contributed by atoms with Gasteiger partial charge in [-0.25, -0.2) is 4.98 Å². The molecule has 4 aromatic rings. The molecule has 0 saturated heterocycles. The number of halogens is 2. The molecule has 0 aliphatic carbocycles. The lowest BCUT2D eigenvalue weighted by Crippen LogP contribution is -2.01. The van der Waals surface area contributed by atoms with Gasteiger partial charge in [-0.1, -0.05) is 23.2 Å². The van der Waals surface area contributed by atoms with Gasteiger partial charge in [-0.2, -0.15) is 5.10 Å². The molecule has 4 rings (SSSR count). The second-order valence-corrected chi connectivity index (χ2v) is 7.21. The predicted molar refractivity (Wildman–Crippen MR) is 104 cm³/mol. The summed E-state index contributed by atoms with van der Waals surface area (Å²) < 4.78 is 5.38. The number of ether oxygens (including phenoxy) is 1. The molecule has 0 fully saturated rings. The molecule has 0 radical (unpaired) electrons. The van der Waals surface area contributed by atoms with Gasteiger partial charge in [-0.05, 0) is 23.8 Å². The molecule has 0 amide bonds. The molecule has 8 heteroatoms. The van der Waals surface area contributed by atoms with Crippen LogP contribution in [0.15, 0.2) is 42.2 Å². The molecule has 130 valence electrons. The highest BCUT2D eigenvalue weighted by Crippen LogP contribution is 2.33. The summed E-state index contributed by atoms with van der Waals surface area (Å²) in [6, 6.07) is 5.81. The first-order valence-electron chi connectivity index (χ1n) is 7.68. The molecule has 26 heavy (non-hydrogen) atoms.